The van der Waals surface area contributed by atoms with Crippen LogP contribution in [0.15, 0.2) is 72.8 Å². The minimum absolute atomic E-state index is 0.00974. The van der Waals surface area contributed by atoms with Gasteiger partial charge in [0.1, 0.15) is 0 Å². The van der Waals surface area contributed by atoms with Gasteiger partial charge in [-0.05, 0) is 18.2 Å². The van der Waals surface area contributed by atoms with Gasteiger partial charge in [-0.3, -0.25) is 14.3 Å². The van der Waals surface area contributed by atoms with Crippen molar-refractivity contribution < 1.29 is 4.79 Å². The molecule has 0 aliphatic rings. The molecule has 8 heteroatoms. The van der Waals surface area contributed by atoms with Crippen LogP contribution in [0.1, 0.15) is 16.8 Å². The summed E-state index contributed by atoms with van der Waals surface area (Å²) in [7, 11) is 0. The fraction of sp³-hybridized carbons (Fsp3) is 0.174. The number of benzene rings is 1. The number of thioether (sulfide) groups is 1. The van der Waals surface area contributed by atoms with Crippen LogP contribution in [0, 0.1) is 11.3 Å². The Kier molecular flexibility index (Phi) is 6.24. The number of aromatic nitrogens is 5. The molecule has 0 saturated heterocycles. The first kappa shape index (κ1) is 20.6. The molecule has 0 aliphatic heterocycles. The van der Waals surface area contributed by atoms with Gasteiger partial charge in [0.25, 0.3) is 0 Å². The number of Topliss-reactive ketones (excluding diaryl/α,β-unsaturated/α-hetero) is 1. The van der Waals surface area contributed by atoms with Gasteiger partial charge in [-0.25, -0.2) is 0 Å². The highest BCUT2D eigenvalue weighted by molar-refractivity contribution is 7.99. The van der Waals surface area contributed by atoms with Crippen LogP contribution >= 0.6 is 11.8 Å². The Morgan fingerprint density at radius 1 is 1.19 bits per heavy atom. The van der Waals surface area contributed by atoms with Gasteiger partial charge in [-0.15, -0.1) is 16.8 Å². The maximum atomic E-state index is 13.1. The maximum absolute atomic E-state index is 13.1. The summed E-state index contributed by atoms with van der Waals surface area (Å²) in [4.78, 5) is 17.1. The van der Waals surface area contributed by atoms with Crippen LogP contribution in [0.3, 0.4) is 0 Å². The highest BCUT2D eigenvalue weighted by atomic mass is 32.2. The summed E-state index contributed by atoms with van der Waals surface area (Å²) < 4.78 is 3.91. The number of allylic oxidation sites excluding steroid dienone is 1. The number of carbonyl (C=O) groups is 1. The molecule has 0 atom stereocenters. The van der Waals surface area contributed by atoms with Gasteiger partial charge in [0.05, 0.1) is 18.2 Å². The highest BCUT2D eigenvalue weighted by Gasteiger charge is 2.18. The van der Waals surface area contributed by atoms with Crippen molar-refractivity contribution in [3.63, 3.8) is 0 Å². The molecule has 0 bridgehead atoms. The third-order valence-electron chi connectivity index (χ3n) is 4.85. The molecule has 0 unspecified atom stereocenters. The van der Waals surface area contributed by atoms with Gasteiger partial charge in [0, 0.05) is 53.7 Å². The molecule has 0 saturated carbocycles. The lowest BCUT2D eigenvalue weighted by molar-refractivity contribution is 0.102. The summed E-state index contributed by atoms with van der Waals surface area (Å²) in [6, 6.07) is 13.7. The van der Waals surface area contributed by atoms with Crippen molar-refractivity contribution in [2.75, 3.05) is 5.75 Å². The summed E-state index contributed by atoms with van der Waals surface area (Å²) in [6.07, 6.45) is 7.44. The first-order valence-corrected chi connectivity index (χ1v) is 10.8. The lowest BCUT2D eigenvalue weighted by atomic mass is 10.1. The van der Waals surface area contributed by atoms with E-state index in [1.807, 2.05) is 51.7 Å². The Bertz CT molecular complexity index is 1270. The number of aryl methyl sites for hydroxylation is 1. The van der Waals surface area contributed by atoms with Crippen molar-refractivity contribution in [3.8, 4) is 17.5 Å². The molecular weight excluding hydrogens is 408 g/mol. The van der Waals surface area contributed by atoms with Gasteiger partial charge in [0.2, 0.25) is 0 Å². The van der Waals surface area contributed by atoms with E-state index in [0.29, 0.717) is 36.1 Å². The summed E-state index contributed by atoms with van der Waals surface area (Å²) >= 11 is 1.36. The molecule has 0 aliphatic carbocycles. The average Bonchev–Trinajstić information content (AvgIpc) is 3.38. The fourth-order valence-electron chi connectivity index (χ4n) is 3.44. The minimum atomic E-state index is 0.00974. The second-order valence-corrected chi connectivity index (χ2v) is 7.76. The van der Waals surface area contributed by atoms with Crippen molar-refractivity contribution in [2.24, 2.45) is 0 Å². The Labute approximate surface area is 184 Å². The number of nitriles is 1. The third kappa shape index (κ3) is 4.27. The molecule has 4 rings (SSSR count). The van der Waals surface area contributed by atoms with E-state index in [9.17, 15) is 4.79 Å². The van der Waals surface area contributed by atoms with Crippen molar-refractivity contribution in [1.29, 1.82) is 5.26 Å². The Hall–Kier alpha value is -3.70. The fourth-order valence-corrected chi connectivity index (χ4v) is 4.27. The number of fused-ring (bicyclic) bond motifs is 1. The largest absolute Gasteiger partial charge is 0.346 e. The zero-order chi connectivity index (χ0) is 21.6. The van der Waals surface area contributed by atoms with E-state index in [1.165, 1.54) is 11.8 Å². The van der Waals surface area contributed by atoms with E-state index in [-0.39, 0.29) is 11.5 Å². The number of ketones is 1. The van der Waals surface area contributed by atoms with E-state index in [4.69, 9.17) is 5.26 Å². The number of carbonyl (C=O) groups excluding carboxylic acids is 1. The number of pyridine rings is 1. The van der Waals surface area contributed by atoms with Gasteiger partial charge < -0.3 is 4.57 Å². The van der Waals surface area contributed by atoms with E-state index < -0.39 is 0 Å². The maximum Gasteiger partial charge on any atom is 0.192 e. The van der Waals surface area contributed by atoms with Gasteiger partial charge in [0.15, 0.2) is 16.8 Å². The van der Waals surface area contributed by atoms with Crippen LogP contribution < -0.4 is 0 Å². The van der Waals surface area contributed by atoms with Crippen LogP contribution in [-0.2, 0) is 13.1 Å². The zero-order valence-corrected chi connectivity index (χ0v) is 17.6. The monoisotopic (exact) mass is 428 g/mol. The molecule has 0 spiro atoms. The molecule has 4 aromatic rings. The Morgan fingerprint density at radius 2 is 2.00 bits per heavy atom. The number of hydrogen-bond acceptors (Lipinski definition) is 6. The average molecular weight is 429 g/mol. The molecule has 3 aromatic heterocycles. The topological polar surface area (TPSA) is 89.4 Å². The van der Waals surface area contributed by atoms with Gasteiger partial charge in [-0.2, -0.15) is 5.26 Å². The van der Waals surface area contributed by atoms with Crippen LogP contribution in [-0.4, -0.2) is 35.9 Å². The quantitative estimate of drug-likeness (QED) is 0.223. The number of para-hydroxylation sites is 1. The van der Waals surface area contributed by atoms with E-state index in [1.54, 1.807) is 18.5 Å². The molecule has 7 nitrogen and oxygen atoms in total. The van der Waals surface area contributed by atoms with E-state index in [2.05, 4.69) is 27.8 Å². The first-order valence-electron chi connectivity index (χ1n) is 9.78. The van der Waals surface area contributed by atoms with Crippen LogP contribution in [0.5, 0.6) is 0 Å². The van der Waals surface area contributed by atoms with E-state index >= 15 is 0 Å². The van der Waals surface area contributed by atoms with Gasteiger partial charge in [-0.1, -0.05) is 36.0 Å². The molecule has 154 valence electrons. The summed E-state index contributed by atoms with van der Waals surface area (Å²) in [5.41, 5.74) is 2.52. The molecule has 0 radical (unpaired) electrons. The number of nitrogens with zero attached hydrogens (tertiary/aromatic N) is 6. The standard InChI is InChI=1S/C23H20N6OS/c1-2-13-29-22(17-8-11-25-12-9-17)26-27-23(29)31-16-21(30)19-15-28(14-5-10-24)20-7-4-3-6-18(19)20/h2-4,6-9,11-12,15H,1,5,13-14,16H2. The lowest BCUT2D eigenvalue weighted by Crippen LogP contribution is -2.05. The summed E-state index contributed by atoms with van der Waals surface area (Å²) in [5, 5.41) is 19.1. The van der Waals surface area contributed by atoms with Crippen molar-refractivity contribution in [2.45, 2.75) is 24.7 Å². The van der Waals surface area contributed by atoms with Crippen molar-refractivity contribution in [1.82, 2.24) is 24.3 Å². The van der Waals surface area contributed by atoms with Gasteiger partial charge >= 0.3 is 0 Å². The molecule has 31 heavy (non-hydrogen) atoms. The third-order valence-corrected chi connectivity index (χ3v) is 5.82. The Balaban J connectivity index is 1.58. The molecule has 0 amide bonds. The minimum Gasteiger partial charge on any atom is -0.346 e. The predicted molar refractivity (Wildman–Crippen MR) is 121 cm³/mol. The van der Waals surface area contributed by atoms with Crippen molar-refractivity contribution in [3.05, 3.63) is 73.2 Å². The SMILES string of the molecule is C=CCn1c(SCC(=O)c2cn(CCC#N)c3ccccc23)nnc1-c1ccncc1. The molecular formula is C23H20N6OS. The molecule has 1 aromatic carbocycles. The molecule has 3 heterocycles. The smallest absolute Gasteiger partial charge is 0.192 e. The summed E-state index contributed by atoms with van der Waals surface area (Å²) in [5.74, 6) is 0.957. The second-order valence-electron chi connectivity index (χ2n) is 6.81. The predicted octanol–water partition coefficient (Wildman–Crippen LogP) is 4.37. The van der Waals surface area contributed by atoms with Crippen molar-refractivity contribution >= 4 is 28.4 Å². The van der Waals surface area contributed by atoms with Crippen LogP contribution in [0.2, 0.25) is 0 Å². The second kappa shape index (κ2) is 9.41. The molecule has 0 fully saturated rings. The number of hydrogen-bond donors (Lipinski definition) is 0. The Morgan fingerprint density at radius 3 is 2.77 bits per heavy atom. The van der Waals surface area contributed by atoms with E-state index in [0.717, 1.165) is 16.5 Å². The van der Waals surface area contributed by atoms with Crippen LogP contribution in [0.25, 0.3) is 22.3 Å². The highest BCUT2D eigenvalue weighted by Crippen LogP contribution is 2.27. The zero-order valence-electron chi connectivity index (χ0n) is 16.8. The normalized spacial score (nSPS) is 10.8. The first-order chi connectivity index (χ1) is 15.2. The van der Waals surface area contributed by atoms with Crippen LogP contribution in [0.4, 0.5) is 0 Å². The summed E-state index contributed by atoms with van der Waals surface area (Å²) in [6.45, 7) is 4.92. The number of rotatable bonds is 9. The molecule has 0 N–H and O–H groups in total. The lowest BCUT2D eigenvalue weighted by Gasteiger charge is -2.07.